The highest BCUT2D eigenvalue weighted by atomic mass is 32.2. The molecule has 1 atom stereocenters. The number of sulfonamides is 1. The van der Waals surface area contributed by atoms with Gasteiger partial charge in [0.2, 0.25) is 21.9 Å². The van der Waals surface area contributed by atoms with Crippen molar-refractivity contribution < 1.29 is 8.42 Å². The zero-order chi connectivity index (χ0) is 24.4. The zero-order valence-corrected chi connectivity index (χ0v) is 20.2. The first-order chi connectivity index (χ1) is 16.9. The first kappa shape index (κ1) is 23.2. The van der Waals surface area contributed by atoms with Crippen LogP contribution in [0.5, 0.6) is 0 Å². The molecule has 0 saturated carbocycles. The Bertz CT molecular complexity index is 1440. The van der Waals surface area contributed by atoms with E-state index >= 15 is 0 Å². The summed E-state index contributed by atoms with van der Waals surface area (Å²) >= 11 is 0. The van der Waals surface area contributed by atoms with Crippen molar-refractivity contribution in [1.82, 2.24) is 24.2 Å². The third-order valence-electron chi connectivity index (χ3n) is 6.25. The molecule has 180 valence electrons. The van der Waals surface area contributed by atoms with Gasteiger partial charge in [0.1, 0.15) is 0 Å². The van der Waals surface area contributed by atoms with Crippen molar-refractivity contribution in [2.45, 2.75) is 17.9 Å². The number of benzene rings is 3. The molecule has 10 heteroatoms. The van der Waals surface area contributed by atoms with Gasteiger partial charge in [-0.3, -0.25) is 4.90 Å². The second-order valence-corrected chi connectivity index (χ2v) is 10.4. The maximum Gasteiger partial charge on any atom is 0.243 e. The van der Waals surface area contributed by atoms with Crippen molar-refractivity contribution >= 4 is 38.4 Å². The number of hydrogen-bond donors (Lipinski definition) is 2. The van der Waals surface area contributed by atoms with Gasteiger partial charge in [-0.05, 0) is 42.0 Å². The van der Waals surface area contributed by atoms with Crippen LogP contribution in [0.2, 0.25) is 0 Å². The maximum absolute atomic E-state index is 13.3. The van der Waals surface area contributed by atoms with Gasteiger partial charge in [0.25, 0.3) is 0 Å². The molecule has 0 amide bonds. The Morgan fingerprint density at radius 1 is 0.857 bits per heavy atom. The molecule has 1 saturated heterocycles. The summed E-state index contributed by atoms with van der Waals surface area (Å²) in [5.41, 5.74) is 6.81. The van der Waals surface area contributed by atoms with Crippen molar-refractivity contribution in [1.29, 1.82) is 0 Å². The van der Waals surface area contributed by atoms with Gasteiger partial charge >= 0.3 is 0 Å². The van der Waals surface area contributed by atoms with Gasteiger partial charge in [0, 0.05) is 31.9 Å². The molecule has 1 aliphatic heterocycles. The van der Waals surface area contributed by atoms with Gasteiger partial charge in [-0.1, -0.05) is 48.5 Å². The summed E-state index contributed by atoms with van der Waals surface area (Å²) < 4.78 is 28.1. The summed E-state index contributed by atoms with van der Waals surface area (Å²) in [4.78, 5) is 15.6. The fourth-order valence-electron chi connectivity index (χ4n) is 4.27. The van der Waals surface area contributed by atoms with Crippen molar-refractivity contribution in [3.63, 3.8) is 0 Å². The molecule has 3 N–H and O–H groups in total. The Morgan fingerprint density at radius 3 is 2.29 bits per heavy atom. The average Bonchev–Trinajstić information content (AvgIpc) is 2.88. The van der Waals surface area contributed by atoms with E-state index in [-0.39, 0.29) is 12.0 Å². The lowest BCUT2D eigenvalue weighted by molar-refractivity contribution is 0.141. The van der Waals surface area contributed by atoms with Crippen LogP contribution in [-0.4, -0.2) is 58.8 Å². The highest BCUT2D eigenvalue weighted by Crippen LogP contribution is 2.26. The van der Waals surface area contributed by atoms with E-state index in [1.165, 1.54) is 0 Å². The van der Waals surface area contributed by atoms with Crippen molar-refractivity contribution in [3.05, 3.63) is 78.6 Å². The van der Waals surface area contributed by atoms with Crippen molar-refractivity contribution in [2.24, 2.45) is 0 Å². The predicted octanol–water partition coefficient (Wildman–Crippen LogP) is 3.42. The van der Waals surface area contributed by atoms with E-state index in [9.17, 15) is 8.42 Å². The van der Waals surface area contributed by atoms with Gasteiger partial charge in [-0.25, -0.2) is 8.42 Å². The fourth-order valence-corrected chi connectivity index (χ4v) is 5.73. The van der Waals surface area contributed by atoms with Gasteiger partial charge in [-0.2, -0.15) is 19.3 Å². The number of nitrogens with zero attached hydrogens (tertiary/aromatic N) is 5. The van der Waals surface area contributed by atoms with E-state index in [0.717, 1.165) is 16.5 Å². The minimum absolute atomic E-state index is 0.137. The quantitative estimate of drug-likeness (QED) is 0.423. The zero-order valence-electron chi connectivity index (χ0n) is 19.4. The molecule has 0 unspecified atom stereocenters. The average molecular weight is 490 g/mol. The number of para-hydroxylation sites is 1. The Balaban J connectivity index is 1.28. The Labute approximate surface area is 204 Å². The van der Waals surface area contributed by atoms with E-state index in [2.05, 4.69) is 25.2 Å². The van der Waals surface area contributed by atoms with Crippen LogP contribution in [0.1, 0.15) is 18.8 Å². The fraction of sp³-hybridized carbons (Fsp3) is 0.240. The van der Waals surface area contributed by atoms with E-state index in [4.69, 9.17) is 5.73 Å². The summed E-state index contributed by atoms with van der Waals surface area (Å²) in [6.45, 7) is 3.88. The topological polar surface area (TPSA) is 117 Å². The Hall–Kier alpha value is -3.60. The molecule has 0 radical (unpaired) electrons. The molecule has 9 nitrogen and oxygen atoms in total. The number of nitrogen functional groups attached to an aromatic ring is 1. The van der Waals surface area contributed by atoms with Crippen LogP contribution in [0.25, 0.3) is 10.8 Å². The second kappa shape index (κ2) is 9.57. The highest BCUT2D eigenvalue weighted by molar-refractivity contribution is 7.89. The van der Waals surface area contributed by atoms with Gasteiger partial charge < -0.3 is 11.1 Å². The van der Waals surface area contributed by atoms with Gasteiger partial charge in [0.05, 0.1) is 10.9 Å². The van der Waals surface area contributed by atoms with E-state index in [1.54, 1.807) is 16.4 Å². The first-order valence-corrected chi connectivity index (χ1v) is 12.9. The van der Waals surface area contributed by atoms with Gasteiger partial charge in [0.15, 0.2) is 5.82 Å². The highest BCUT2D eigenvalue weighted by Gasteiger charge is 2.31. The van der Waals surface area contributed by atoms with Crippen LogP contribution in [-0.2, 0) is 10.0 Å². The Morgan fingerprint density at radius 2 is 1.54 bits per heavy atom. The summed E-state index contributed by atoms with van der Waals surface area (Å²) in [6, 6.07) is 22.5. The summed E-state index contributed by atoms with van der Waals surface area (Å²) in [6.07, 6.45) is 0. The number of nitrogens with one attached hydrogen (secondary N) is 1. The summed E-state index contributed by atoms with van der Waals surface area (Å²) in [7, 11) is -3.58. The van der Waals surface area contributed by atoms with E-state index in [1.807, 2.05) is 67.6 Å². The summed E-state index contributed by atoms with van der Waals surface area (Å²) in [5, 5.41) is 5.08. The first-order valence-electron chi connectivity index (χ1n) is 11.5. The lowest BCUT2D eigenvalue weighted by atomic mass is 10.1. The number of piperazine rings is 1. The van der Waals surface area contributed by atoms with Crippen LogP contribution < -0.4 is 11.1 Å². The summed E-state index contributed by atoms with van der Waals surface area (Å²) in [5.74, 6) is 1.06. The number of hydrogen-bond acceptors (Lipinski definition) is 8. The molecule has 3 aromatic carbocycles. The molecule has 1 aliphatic rings. The molecular weight excluding hydrogens is 462 g/mol. The molecule has 0 aliphatic carbocycles. The van der Waals surface area contributed by atoms with Crippen LogP contribution in [0.15, 0.2) is 77.7 Å². The van der Waals surface area contributed by atoms with Crippen molar-refractivity contribution in [2.75, 3.05) is 37.2 Å². The number of rotatable bonds is 6. The minimum Gasteiger partial charge on any atom is -0.368 e. The molecule has 5 rings (SSSR count). The van der Waals surface area contributed by atoms with Crippen LogP contribution in [0.3, 0.4) is 0 Å². The number of nitrogens with two attached hydrogens (primary N) is 1. The normalized spacial score (nSPS) is 16.3. The molecule has 0 bridgehead atoms. The molecular formula is C25H27N7O2S. The molecule has 1 fully saturated rings. The molecule has 1 aromatic heterocycles. The number of anilines is 3. The van der Waals surface area contributed by atoms with Crippen LogP contribution in [0.4, 0.5) is 17.6 Å². The second-order valence-electron chi connectivity index (χ2n) is 8.49. The van der Waals surface area contributed by atoms with Crippen molar-refractivity contribution in [3.8, 4) is 0 Å². The molecule has 35 heavy (non-hydrogen) atoms. The van der Waals surface area contributed by atoms with Gasteiger partial charge in [-0.15, -0.1) is 0 Å². The molecule has 0 spiro atoms. The van der Waals surface area contributed by atoms with E-state index in [0.29, 0.717) is 42.8 Å². The monoisotopic (exact) mass is 489 g/mol. The lowest BCUT2D eigenvalue weighted by Crippen LogP contribution is -2.49. The number of aromatic nitrogens is 3. The van der Waals surface area contributed by atoms with Crippen LogP contribution >= 0.6 is 0 Å². The molecule has 4 aromatic rings. The molecule has 2 heterocycles. The minimum atomic E-state index is -3.58. The maximum atomic E-state index is 13.3. The smallest absolute Gasteiger partial charge is 0.243 e. The standard InChI is InChI=1S/C25H27N7O2S/c1-18(23-28-24(26)30-25(29-23)27-21-9-3-2-4-10-21)31-13-15-32(16-14-31)35(33,34)22-12-11-19-7-5-6-8-20(19)17-22/h2-12,17-18H,13-16H2,1H3,(H3,26,27,28,29,30)/t18-/m0/s1. The van der Waals surface area contributed by atoms with Crippen LogP contribution in [0, 0.1) is 0 Å². The number of fused-ring (bicyclic) bond motifs is 1. The SMILES string of the molecule is C[C@@H](c1nc(N)nc(Nc2ccccc2)n1)N1CCN(S(=O)(=O)c2ccc3ccccc3c2)CC1. The predicted molar refractivity (Wildman–Crippen MR) is 137 cm³/mol. The lowest BCUT2D eigenvalue weighted by Gasteiger charge is -2.36. The van der Waals surface area contributed by atoms with E-state index < -0.39 is 10.0 Å². The third-order valence-corrected chi connectivity index (χ3v) is 8.15. The largest absolute Gasteiger partial charge is 0.368 e. The third kappa shape index (κ3) is 4.95. The Kier molecular flexibility index (Phi) is 6.33.